The van der Waals surface area contributed by atoms with Gasteiger partial charge in [-0.25, -0.2) is 0 Å². The van der Waals surface area contributed by atoms with Crippen molar-refractivity contribution < 1.29 is 0 Å². The van der Waals surface area contributed by atoms with Crippen LogP contribution in [0.1, 0.15) is 41.0 Å². The Morgan fingerprint density at radius 1 is 1.14 bits per heavy atom. The highest BCUT2D eigenvalue weighted by molar-refractivity contribution is 4.79. The molecule has 0 fully saturated rings. The van der Waals surface area contributed by atoms with Crippen molar-refractivity contribution in [3.8, 4) is 0 Å². The fourth-order valence-corrected chi connectivity index (χ4v) is 1.84. The van der Waals surface area contributed by atoms with E-state index in [-0.39, 0.29) is 0 Å². The number of nitrogens with zero attached hydrogens (tertiary/aromatic N) is 1. The Morgan fingerprint density at radius 2 is 1.64 bits per heavy atom. The first-order valence-electron chi connectivity index (χ1n) is 5.87. The van der Waals surface area contributed by atoms with Crippen molar-refractivity contribution in [1.29, 1.82) is 0 Å². The van der Waals surface area contributed by atoms with Gasteiger partial charge in [-0.1, -0.05) is 34.1 Å². The molecule has 0 aliphatic carbocycles. The number of nitrogens with two attached hydrogens (primary N) is 1. The molecule has 0 spiro atoms. The Labute approximate surface area is 89.9 Å². The van der Waals surface area contributed by atoms with Crippen LogP contribution in [-0.4, -0.2) is 30.6 Å². The van der Waals surface area contributed by atoms with Gasteiger partial charge >= 0.3 is 0 Å². The van der Waals surface area contributed by atoms with Crippen LogP contribution in [0.15, 0.2) is 0 Å². The summed E-state index contributed by atoms with van der Waals surface area (Å²) < 4.78 is 0. The number of hydrogen-bond acceptors (Lipinski definition) is 2. The van der Waals surface area contributed by atoms with Crippen LogP contribution < -0.4 is 5.73 Å². The van der Waals surface area contributed by atoms with Crippen molar-refractivity contribution in [2.75, 3.05) is 13.6 Å². The second-order valence-corrected chi connectivity index (χ2v) is 4.84. The van der Waals surface area contributed by atoms with Crippen molar-refractivity contribution >= 4 is 0 Å². The molecular formula is C12H28N2. The fraction of sp³-hybridized carbons (Fsp3) is 1.00. The van der Waals surface area contributed by atoms with Crippen molar-refractivity contribution in [1.82, 2.24) is 4.90 Å². The van der Waals surface area contributed by atoms with Crippen LogP contribution in [0, 0.1) is 11.8 Å². The highest BCUT2D eigenvalue weighted by atomic mass is 15.2. The summed E-state index contributed by atoms with van der Waals surface area (Å²) in [5.74, 6) is 1.38. The van der Waals surface area contributed by atoms with E-state index < -0.39 is 0 Å². The van der Waals surface area contributed by atoms with E-state index in [1.54, 1.807) is 0 Å². The predicted molar refractivity (Wildman–Crippen MR) is 64.4 cm³/mol. The van der Waals surface area contributed by atoms with Gasteiger partial charge < -0.3 is 5.73 Å². The number of likely N-dealkylation sites (N-methyl/N-ethyl adjacent to an activating group) is 1. The molecule has 2 heteroatoms. The van der Waals surface area contributed by atoms with Crippen LogP contribution >= 0.6 is 0 Å². The molecule has 0 aromatic heterocycles. The zero-order valence-corrected chi connectivity index (χ0v) is 10.7. The fourth-order valence-electron chi connectivity index (χ4n) is 1.84. The molecular weight excluding hydrogens is 172 g/mol. The summed E-state index contributed by atoms with van der Waals surface area (Å²) in [6, 6.07) is 1.13. The van der Waals surface area contributed by atoms with Gasteiger partial charge in [0.05, 0.1) is 0 Å². The maximum absolute atomic E-state index is 5.85. The molecule has 86 valence electrons. The zero-order valence-electron chi connectivity index (χ0n) is 10.7. The Bertz CT molecular complexity index is 145. The van der Waals surface area contributed by atoms with E-state index in [2.05, 4.69) is 46.6 Å². The van der Waals surface area contributed by atoms with E-state index in [1.807, 2.05) is 0 Å². The minimum Gasteiger partial charge on any atom is -0.329 e. The molecule has 0 saturated heterocycles. The summed E-state index contributed by atoms with van der Waals surface area (Å²) in [7, 11) is 2.20. The summed E-state index contributed by atoms with van der Waals surface area (Å²) in [5.41, 5.74) is 5.85. The summed E-state index contributed by atoms with van der Waals surface area (Å²) in [6.45, 7) is 12.1. The van der Waals surface area contributed by atoms with Gasteiger partial charge in [0.1, 0.15) is 0 Å². The smallest absolute Gasteiger partial charge is 0.0243 e. The maximum atomic E-state index is 5.85. The zero-order chi connectivity index (χ0) is 11.3. The van der Waals surface area contributed by atoms with Gasteiger partial charge in [0.15, 0.2) is 0 Å². The van der Waals surface area contributed by atoms with Gasteiger partial charge in [-0.2, -0.15) is 0 Å². The highest BCUT2D eigenvalue weighted by Crippen LogP contribution is 2.18. The Hall–Kier alpha value is -0.0800. The van der Waals surface area contributed by atoms with Gasteiger partial charge in [-0.15, -0.1) is 0 Å². The van der Waals surface area contributed by atoms with Crippen LogP contribution in [0.2, 0.25) is 0 Å². The number of rotatable bonds is 6. The van der Waals surface area contributed by atoms with Crippen molar-refractivity contribution in [3.05, 3.63) is 0 Å². The van der Waals surface area contributed by atoms with Crippen LogP contribution in [0.5, 0.6) is 0 Å². The topological polar surface area (TPSA) is 29.3 Å². The summed E-state index contributed by atoms with van der Waals surface area (Å²) in [4.78, 5) is 2.44. The van der Waals surface area contributed by atoms with E-state index in [4.69, 9.17) is 5.73 Å². The van der Waals surface area contributed by atoms with Crippen molar-refractivity contribution in [3.63, 3.8) is 0 Å². The molecule has 0 aliphatic rings. The van der Waals surface area contributed by atoms with Crippen molar-refractivity contribution in [2.45, 2.75) is 53.1 Å². The Balaban J connectivity index is 4.37. The van der Waals surface area contributed by atoms with Crippen LogP contribution in [0.4, 0.5) is 0 Å². The average Bonchev–Trinajstić information content (AvgIpc) is 2.16. The lowest BCUT2D eigenvalue weighted by Gasteiger charge is -2.37. The lowest BCUT2D eigenvalue weighted by Crippen LogP contribution is -2.48. The second-order valence-electron chi connectivity index (χ2n) is 4.84. The van der Waals surface area contributed by atoms with E-state index in [1.165, 1.54) is 6.42 Å². The molecule has 14 heavy (non-hydrogen) atoms. The lowest BCUT2D eigenvalue weighted by molar-refractivity contribution is 0.113. The van der Waals surface area contributed by atoms with Gasteiger partial charge in [0.2, 0.25) is 0 Å². The molecule has 3 unspecified atom stereocenters. The third-order valence-corrected chi connectivity index (χ3v) is 3.67. The third kappa shape index (κ3) is 3.58. The summed E-state index contributed by atoms with van der Waals surface area (Å²) >= 11 is 0. The molecule has 0 saturated carbocycles. The molecule has 0 aromatic rings. The molecule has 0 rings (SSSR count). The molecule has 0 aromatic carbocycles. The minimum atomic E-state index is 0.525. The van der Waals surface area contributed by atoms with E-state index >= 15 is 0 Å². The minimum absolute atomic E-state index is 0.525. The third-order valence-electron chi connectivity index (χ3n) is 3.67. The molecule has 0 heterocycles. The largest absolute Gasteiger partial charge is 0.329 e. The molecule has 2 N–H and O–H groups in total. The van der Waals surface area contributed by atoms with Gasteiger partial charge in [-0.3, -0.25) is 4.90 Å². The lowest BCUT2D eigenvalue weighted by atomic mass is 9.94. The molecule has 0 aliphatic heterocycles. The molecule has 0 bridgehead atoms. The van der Waals surface area contributed by atoms with Crippen LogP contribution in [-0.2, 0) is 0 Å². The molecule has 2 nitrogen and oxygen atoms in total. The predicted octanol–water partition coefficient (Wildman–Crippen LogP) is 2.34. The quantitative estimate of drug-likeness (QED) is 0.713. The summed E-state index contributed by atoms with van der Waals surface area (Å²) in [6.07, 6.45) is 1.21. The van der Waals surface area contributed by atoms with Gasteiger partial charge in [0.25, 0.3) is 0 Å². The maximum Gasteiger partial charge on any atom is 0.0243 e. The van der Waals surface area contributed by atoms with Crippen molar-refractivity contribution in [2.24, 2.45) is 17.6 Å². The van der Waals surface area contributed by atoms with Crippen LogP contribution in [0.3, 0.4) is 0 Å². The van der Waals surface area contributed by atoms with Gasteiger partial charge in [0, 0.05) is 18.6 Å². The van der Waals surface area contributed by atoms with E-state index in [9.17, 15) is 0 Å². The first-order valence-corrected chi connectivity index (χ1v) is 5.87. The normalized spacial score (nSPS) is 18.6. The first-order chi connectivity index (χ1) is 6.45. The summed E-state index contributed by atoms with van der Waals surface area (Å²) in [5, 5.41) is 0. The monoisotopic (exact) mass is 200 g/mol. The standard InChI is InChI=1S/C12H28N2/c1-7-10(4)12(8-13)14(6)11(5)9(2)3/h9-12H,7-8,13H2,1-6H3. The van der Waals surface area contributed by atoms with E-state index in [0.717, 1.165) is 6.54 Å². The number of hydrogen-bond donors (Lipinski definition) is 1. The SMILES string of the molecule is CCC(C)C(CN)N(C)C(C)C(C)C. The average molecular weight is 200 g/mol. The second kappa shape index (κ2) is 6.41. The van der Waals surface area contributed by atoms with E-state index in [0.29, 0.717) is 23.9 Å². The Kier molecular flexibility index (Phi) is 6.38. The first kappa shape index (κ1) is 13.9. The highest BCUT2D eigenvalue weighted by Gasteiger charge is 2.24. The van der Waals surface area contributed by atoms with Crippen LogP contribution in [0.25, 0.3) is 0 Å². The molecule has 3 atom stereocenters. The molecule has 0 amide bonds. The van der Waals surface area contributed by atoms with Gasteiger partial charge in [-0.05, 0) is 25.8 Å². The molecule has 0 radical (unpaired) electrons. The Morgan fingerprint density at radius 3 is 1.93 bits per heavy atom.